The Morgan fingerprint density at radius 2 is 2.57 bits per heavy atom. The fourth-order valence-electron chi connectivity index (χ4n) is 1.89. The van der Waals surface area contributed by atoms with Gasteiger partial charge in [0.05, 0.1) is 6.26 Å². The first-order chi connectivity index (χ1) is 6.83. The first kappa shape index (κ1) is 9.27. The zero-order chi connectivity index (χ0) is 9.97. The molecule has 0 aliphatic carbocycles. The van der Waals surface area contributed by atoms with E-state index in [-0.39, 0.29) is 11.9 Å². The molecular weight excluding hydrogens is 180 g/mol. The molecule has 1 aromatic rings. The molecular formula is C10H14N2O2. The monoisotopic (exact) mass is 194 g/mol. The third-order valence-corrected chi connectivity index (χ3v) is 2.64. The number of hydrogen-bond donors (Lipinski definition) is 1. The first-order valence-electron chi connectivity index (χ1n) is 4.87. The van der Waals surface area contributed by atoms with Crippen LogP contribution in [-0.2, 0) is 0 Å². The number of furan rings is 1. The summed E-state index contributed by atoms with van der Waals surface area (Å²) in [7, 11) is 0. The Hall–Kier alpha value is -1.29. The second-order valence-electron chi connectivity index (χ2n) is 3.51. The molecule has 76 valence electrons. The Balaban J connectivity index is 2.11. The van der Waals surface area contributed by atoms with Gasteiger partial charge in [-0.25, -0.2) is 0 Å². The smallest absolute Gasteiger partial charge is 0.289 e. The molecule has 1 saturated heterocycles. The Morgan fingerprint density at radius 3 is 3.21 bits per heavy atom. The SMILES string of the molecule is NCC1CCCN1C(=O)c1ccco1. The van der Waals surface area contributed by atoms with Gasteiger partial charge < -0.3 is 15.1 Å². The zero-order valence-corrected chi connectivity index (χ0v) is 7.98. The van der Waals surface area contributed by atoms with Crippen LogP contribution in [0.3, 0.4) is 0 Å². The minimum absolute atomic E-state index is 0.0389. The molecule has 0 radical (unpaired) electrons. The summed E-state index contributed by atoms with van der Waals surface area (Å²) in [5, 5.41) is 0. The van der Waals surface area contributed by atoms with Gasteiger partial charge in [0.2, 0.25) is 0 Å². The molecule has 2 heterocycles. The van der Waals surface area contributed by atoms with Gasteiger partial charge in [0.15, 0.2) is 5.76 Å². The lowest BCUT2D eigenvalue weighted by Crippen LogP contribution is -2.39. The van der Waals surface area contributed by atoms with Crippen LogP contribution in [0.15, 0.2) is 22.8 Å². The maximum Gasteiger partial charge on any atom is 0.289 e. The van der Waals surface area contributed by atoms with Crippen LogP contribution in [0, 0.1) is 0 Å². The summed E-state index contributed by atoms with van der Waals surface area (Å²) in [6.45, 7) is 1.33. The summed E-state index contributed by atoms with van der Waals surface area (Å²) in [5.41, 5.74) is 5.59. The van der Waals surface area contributed by atoms with Crippen LogP contribution in [0.5, 0.6) is 0 Å². The van der Waals surface area contributed by atoms with E-state index in [1.807, 2.05) is 0 Å². The van der Waals surface area contributed by atoms with E-state index in [9.17, 15) is 4.79 Å². The summed E-state index contributed by atoms with van der Waals surface area (Å²) < 4.78 is 5.07. The normalized spacial score (nSPS) is 21.5. The molecule has 2 N–H and O–H groups in total. The molecule has 0 spiro atoms. The molecule has 1 aliphatic rings. The van der Waals surface area contributed by atoms with E-state index in [0.29, 0.717) is 12.3 Å². The number of rotatable bonds is 2. The van der Waals surface area contributed by atoms with E-state index in [1.165, 1.54) is 6.26 Å². The highest BCUT2D eigenvalue weighted by molar-refractivity contribution is 5.91. The predicted molar refractivity (Wildman–Crippen MR) is 51.8 cm³/mol. The highest BCUT2D eigenvalue weighted by Gasteiger charge is 2.29. The van der Waals surface area contributed by atoms with Crippen molar-refractivity contribution in [1.82, 2.24) is 4.90 Å². The van der Waals surface area contributed by atoms with Gasteiger partial charge in [0.1, 0.15) is 0 Å². The number of hydrogen-bond acceptors (Lipinski definition) is 3. The van der Waals surface area contributed by atoms with Gasteiger partial charge in [-0.15, -0.1) is 0 Å². The number of nitrogens with zero attached hydrogens (tertiary/aromatic N) is 1. The molecule has 1 fully saturated rings. The third-order valence-electron chi connectivity index (χ3n) is 2.64. The Labute approximate surface area is 82.7 Å². The van der Waals surface area contributed by atoms with Crippen LogP contribution < -0.4 is 5.73 Å². The van der Waals surface area contributed by atoms with E-state index >= 15 is 0 Å². The maximum absolute atomic E-state index is 11.9. The zero-order valence-electron chi connectivity index (χ0n) is 7.98. The molecule has 1 unspecified atom stereocenters. The number of carbonyl (C=O) groups is 1. The van der Waals surface area contributed by atoms with Gasteiger partial charge >= 0.3 is 0 Å². The average Bonchev–Trinajstić information content (AvgIpc) is 2.87. The molecule has 14 heavy (non-hydrogen) atoms. The van der Waals surface area contributed by atoms with Crippen LogP contribution in [-0.4, -0.2) is 29.9 Å². The molecule has 4 heteroatoms. The second kappa shape index (κ2) is 3.84. The molecule has 4 nitrogen and oxygen atoms in total. The highest BCUT2D eigenvalue weighted by Crippen LogP contribution is 2.19. The summed E-state index contributed by atoms with van der Waals surface area (Å²) in [6.07, 6.45) is 3.55. The molecule has 2 rings (SSSR count). The molecule has 0 saturated carbocycles. The van der Waals surface area contributed by atoms with E-state index in [4.69, 9.17) is 10.2 Å². The topological polar surface area (TPSA) is 59.5 Å². The number of nitrogens with two attached hydrogens (primary N) is 1. The maximum atomic E-state index is 11.9. The van der Waals surface area contributed by atoms with Crippen molar-refractivity contribution in [2.75, 3.05) is 13.1 Å². The lowest BCUT2D eigenvalue weighted by molar-refractivity contribution is 0.0709. The molecule has 1 aromatic heterocycles. The van der Waals surface area contributed by atoms with Crippen LogP contribution in [0.2, 0.25) is 0 Å². The number of carbonyl (C=O) groups excluding carboxylic acids is 1. The first-order valence-corrected chi connectivity index (χ1v) is 4.87. The largest absolute Gasteiger partial charge is 0.459 e. The summed E-state index contributed by atoms with van der Waals surface area (Å²) in [4.78, 5) is 13.7. The molecule has 1 amide bonds. The highest BCUT2D eigenvalue weighted by atomic mass is 16.3. The Bertz CT molecular complexity index is 308. The van der Waals surface area contributed by atoms with E-state index in [0.717, 1.165) is 19.4 Å². The van der Waals surface area contributed by atoms with Crippen molar-refractivity contribution >= 4 is 5.91 Å². The quantitative estimate of drug-likeness (QED) is 0.759. The minimum Gasteiger partial charge on any atom is -0.459 e. The van der Waals surface area contributed by atoms with Gasteiger partial charge in [-0.3, -0.25) is 4.79 Å². The van der Waals surface area contributed by atoms with Crippen LogP contribution in [0.4, 0.5) is 0 Å². The van der Waals surface area contributed by atoms with Gasteiger partial charge in [-0.1, -0.05) is 0 Å². The summed E-state index contributed by atoms with van der Waals surface area (Å²) in [6, 6.07) is 3.60. The van der Waals surface area contributed by atoms with Gasteiger partial charge in [-0.05, 0) is 25.0 Å². The Kier molecular flexibility index (Phi) is 2.54. The fourth-order valence-corrected chi connectivity index (χ4v) is 1.89. The van der Waals surface area contributed by atoms with Crippen molar-refractivity contribution in [2.45, 2.75) is 18.9 Å². The van der Waals surface area contributed by atoms with E-state index in [2.05, 4.69) is 0 Å². The van der Waals surface area contributed by atoms with Crippen molar-refractivity contribution in [3.05, 3.63) is 24.2 Å². The van der Waals surface area contributed by atoms with Gasteiger partial charge in [0, 0.05) is 19.1 Å². The fraction of sp³-hybridized carbons (Fsp3) is 0.500. The summed E-state index contributed by atoms with van der Waals surface area (Å²) in [5.74, 6) is 0.369. The molecule has 1 atom stereocenters. The second-order valence-corrected chi connectivity index (χ2v) is 3.51. The van der Waals surface area contributed by atoms with Gasteiger partial charge in [-0.2, -0.15) is 0 Å². The van der Waals surface area contributed by atoms with Gasteiger partial charge in [0.25, 0.3) is 5.91 Å². The van der Waals surface area contributed by atoms with Crippen LogP contribution in [0.25, 0.3) is 0 Å². The van der Waals surface area contributed by atoms with Crippen molar-refractivity contribution in [3.63, 3.8) is 0 Å². The van der Waals surface area contributed by atoms with Crippen molar-refractivity contribution < 1.29 is 9.21 Å². The Morgan fingerprint density at radius 1 is 1.71 bits per heavy atom. The van der Waals surface area contributed by atoms with Crippen molar-refractivity contribution in [3.8, 4) is 0 Å². The molecule has 1 aliphatic heterocycles. The van der Waals surface area contributed by atoms with E-state index < -0.39 is 0 Å². The van der Waals surface area contributed by atoms with Crippen LogP contribution >= 0.6 is 0 Å². The third kappa shape index (κ3) is 1.53. The lowest BCUT2D eigenvalue weighted by Gasteiger charge is -2.22. The van der Waals surface area contributed by atoms with Crippen molar-refractivity contribution in [2.24, 2.45) is 5.73 Å². The summed E-state index contributed by atoms with van der Waals surface area (Å²) >= 11 is 0. The lowest BCUT2D eigenvalue weighted by atomic mass is 10.2. The van der Waals surface area contributed by atoms with Crippen LogP contribution in [0.1, 0.15) is 23.4 Å². The molecule has 0 bridgehead atoms. The standard InChI is InChI=1S/C10H14N2O2/c11-7-8-3-1-5-12(8)10(13)9-4-2-6-14-9/h2,4,6,8H,1,3,5,7,11H2. The number of likely N-dealkylation sites (tertiary alicyclic amines) is 1. The minimum atomic E-state index is -0.0389. The predicted octanol–water partition coefficient (Wildman–Crippen LogP) is 0.843. The van der Waals surface area contributed by atoms with E-state index in [1.54, 1.807) is 17.0 Å². The number of amides is 1. The average molecular weight is 194 g/mol. The molecule has 0 aromatic carbocycles. The van der Waals surface area contributed by atoms with Crippen molar-refractivity contribution in [1.29, 1.82) is 0 Å².